The average molecular weight is 355 g/mol. The van der Waals surface area contributed by atoms with Crippen molar-refractivity contribution in [1.29, 1.82) is 0 Å². The number of non-ortho nitro benzene ring substituents is 1. The summed E-state index contributed by atoms with van der Waals surface area (Å²) in [5.74, 6) is 0. The summed E-state index contributed by atoms with van der Waals surface area (Å²) in [5.41, 5.74) is 5.74. The third-order valence-electron chi connectivity index (χ3n) is 4.51. The van der Waals surface area contributed by atoms with Crippen LogP contribution in [0.3, 0.4) is 0 Å². The fourth-order valence-corrected chi connectivity index (χ4v) is 3.25. The lowest BCUT2D eigenvalue weighted by Crippen LogP contribution is -3.15. The van der Waals surface area contributed by atoms with Crippen molar-refractivity contribution < 1.29 is 14.6 Å². The highest BCUT2D eigenvalue weighted by Crippen LogP contribution is 2.18. The Balaban J connectivity index is 1.82. The zero-order chi connectivity index (χ0) is 18.4. The van der Waals surface area contributed by atoms with Gasteiger partial charge in [-0.1, -0.05) is 36.4 Å². The van der Waals surface area contributed by atoms with Crippen molar-refractivity contribution in [3.05, 3.63) is 70.3 Å². The van der Waals surface area contributed by atoms with Crippen LogP contribution in [0.25, 0.3) is 0 Å². The number of anilines is 1. The van der Waals surface area contributed by atoms with Gasteiger partial charge in [-0.2, -0.15) is 5.10 Å². The zero-order valence-corrected chi connectivity index (χ0v) is 14.7. The van der Waals surface area contributed by atoms with Gasteiger partial charge in [-0.15, -0.1) is 0 Å². The van der Waals surface area contributed by atoms with Gasteiger partial charge in [0.2, 0.25) is 0 Å². The Hall–Kier alpha value is -2.77. The fourth-order valence-electron chi connectivity index (χ4n) is 3.25. The van der Waals surface area contributed by atoms with Crippen molar-refractivity contribution in [2.24, 2.45) is 5.10 Å². The highest BCUT2D eigenvalue weighted by molar-refractivity contribution is 5.87. The number of nitrogens with zero attached hydrogens (tertiary/aromatic N) is 2. The van der Waals surface area contributed by atoms with Crippen LogP contribution in [0.2, 0.25) is 0 Å². The first kappa shape index (κ1) is 18.0. The van der Waals surface area contributed by atoms with E-state index in [4.69, 9.17) is 4.74 Å². The summed E-state index contributed by atoms with van der Waals surface area (Å²) in [6, 6.07) is 16.8. The molecule has 0 amide bonds. The van der Waals surface area contributed by atoms with E-state index in [9.17, 15) is 10.1 Å². The van der Waals surface area contributed by atoms with Gasteiger partial charge < -0.3 is 9.64 Å². The monoisotopic (exact) mass is 355 g/mol. The third-order valence-corrected chi connectivity index (χ3v) is 4.51. The lowest BCUT2D eigenvalue weighted by molar-refractivity contribution is -0.928. The van der Waals surface area contributed by atoms with Crippen LogP contribution in [0.4, 0.5) is 11.4 Å². The second-order valence-electron chi connectivity index (χ2n) is 6.29. The van der Waals surface area contributed by atoms with Gasteiger partial charge in [-0.05, 0) is 13.0 Å². The Labute approximate surface area is 152 Å². The van der Waals surface area contributed by atoms with E-state index in [0.29, 0.717) is 5.69 Å². The van der Waals surface area contributed by atoms with Crippen molar-refractivity contribution >= 4 is 17.1 Å². The van der Waals surface area contributed by atoms with Crippen LogP contribution in [0.5, 0.6) is 0 Å². The maximum atomic E-state index is 10.9. The van der Waals surface area contributed by atoms with Crippen molar-refractivity contribution in [2.45, 2.75) is 13.0 Å². The molecule has 2 N–H and O–H groups in total. The van der Waals surface area contributed by atoms with Gasteiger partial charge in [-0.3, -0.25) is 15.5 Å². The van der Waals surface area contributed by atoms with Crippen molar-refractivity contribution in [3.8, 4) is 0 Å². The molecule has 2 aromatic carbocycles. The van der Waals surface area contributed by atoms with Crippen LogP contribution in [0.1, 0.15) is 18.5 Å². The smallest absolute Gasteiger partial charge is 0.271 e. The van der Waals surface area contributed by atoms with Gasteiger partial charge >= 0.3 is 0 Å². The zero-order valence-electron chi connectivity index (χ0n) is 14.7. The molecule has 1 saturated heterocycles. The minimum atomic E-state index is -0.410. The van der Waals surface area contributed by atoms with Crippen LogP contribution in [0, 0.1) is 10.1 Å². The predicted molar refractivity (Wildman–Crippen MR) is 101 cm³/mol. The number of rotatable bonds is 6. The van der Waals surface area contributed by atoms with E-state index >= 15 is 0 Å². The molecule has 1 atom stereocenters. The second kappa shape index (κ2) is 8.55. The maximum absolute atomic E-state index is 10.9. The molecule has 26 heavy (non-hydrogen) atoms. The molecule has 0 saturated carbocycles. The van der Waals surface area contributed by atoms with Crippen LogP contribution < -0.4 is 10.3 Å². The van der Waals surface area contributed by atoms with Gasteiger partial charge in [0.1, 0.15) is 13.1 Å². The van der Waals surface area contributed by atoms with E-state index in [2.05, 4.69) is 22.7 Å². The average Bonchev–Trinajstić information content (AvgIpc) is 2.68. The van der Waals surface area contributed by atoms with Crippen LogP contribution in [-0.2, 0) is 4.74 Å². The third kappa shape index (κ3) is 4.44. The highest BCUT2D eigenvalue weighted by Gasteiger charge is 2.28. The number of quaternary nitrogens is 1. The first-order chi connectivity index (χ1) is 12.6. The molecule has 0 spiro atoms. The molecular weight excluding hydrogens is 332 g/mol. The first-order valence-corrected chi connectivity index (χ1v) is 8.67. The van der Waals surface area contributed by atoms with E-state index in [1.807, 2.05) is 25.1 Å². The number of nitrogens with one attached hydrogen (secondary N) is 2. The van der Waals surface area contributed by atoms with Crippen LogP contribution in [-0.4, -0.2) is 36.9 Å². The Bertz CT molecular complexity index is 773. The molecule has 0 aromatic heterocycles. The quantitative estimate of drug-likeness (QED) is 0.472. The van der Waals surface area contributed by atoms with Crippen LogP contribution in [0.15, 0.2) is 59.7 Å². The molecule has 0 unspecified atom stereocenters. The standard InChI is InChI=1S/C19H22N4O3/c1-15(20-21-17-8-5-9-18(14-17)23(24)25)19(16-6-3-2-4-7-16)22-10-12-26-13-11-22/h2-9,14,19,21H,10-13H2,1H3/p+1/b20-15-/t19-/m0/s1. The molecule has 136 valence electrons. The molecule has 0 bridgehead atoms. The molecule has 1 aliphatic rings. The molecule has 7 nitrogen and oxygen atoms in total. The van der Waals surface area contributed by atoms with E-state index in [0.717, 1.165) is 32.0 Å². The summed E-state index contributed by atoms with van der Waals surface area (Å²) < 4.78 is 5.49. The largest absolute Gasteiger partial charge is 0.370 e. The van der Waals surface area contributed by atoms with Crippen molar-refractivity contribution in [3.63, 3.8) is 0 Å². The molecule has 1 heterocycles. The number of ether oxygens (including phenoxy) is 1. The molecule has 2 aromatic rings. The number of nitro benzene ring substituents is 1. The topological polar surface area (TPSA) is 81.2 Å². The van der Waals surface area contributed by atoms with E-state index in [1.165, 1.54) is 22.6 Å². The number of nitro groups is 1. The van der Waals surface area contributed by atoms with Gasteiger partial charge in [0, 0.05) is 17.7 Å². The van der Waals surface area contributed by atoms with E-state index in [-0.39, 0.29) is 11.7 Å². The van der Waals surface area contributed by atoms with Gasteiger partial charge in [0.15, 0.2) is 6.04 Å². The maximum Gasteiger partial charge on any atom is 0.271 e. The number of hydrogen-bond acceptors (Lipinski definition) is 5. The first-order valence-electron chi connectivity index (χ1n) is 8.67. The number of benzene rings is 2. The Morgan fingerprint density at radius 1 is 1.19 bits per heavy atom. The summed E-state index contributed by atoms with van der Waals surface area (Å²) in [4.78, 5) is 11.9. The lowest BCUT2D eigenvalue weighted by atomic mass is 10.0. The molecule has 0 radical (unpaired) electrons. The highest BCUT2D eigenvalue weighted by atomic mass is 16.6. The Morgan fingerprint density at radius 3 is 2.62 bits per heavy atom. The molecule has 1 aliphatic heterocycles. The molecular formula is C19H23N4O3+. The molecule has 7 heteroatoms. The van der Waals surface area contributed by atoms with Gasteiger partial charge in [0.25, 0.3) is 5.69 Å². The summed E-state index contributed by atoms with van der Waals surface area (Å²) >= 11 is 0. The van der Waals surface area contributed by atoms with Gasteiger partial charge in [-0.25, -0.2) is 0 Å². The van der Waals surface area contributed by atoms with Crippen molar-refractivity contribution in [2.75, 3.05) is 31.7 Å². The normalized spacial score (nSPS) is 16.9. The van der Waals surface area contributed by atoms with E-state index < -0.39 is 4.92 Å². The Kier molecular flexibility index (Phi) is 5.93. The van der Waals surface area contributed by atoms with Gasteiger partial charge in [0.05, 0.1) is 29.5 Å². The van der Waals surface area contributed by atoms with Crippen LogP contribution >= 0.6 is 0 Å². The SMILES string of the molecule is C/C(=N/Nc1cccc([N+](=O)[O-])c1)[C@@H](c1ccccc1)[NH+]1CCOCC1. The van der Waals surface area contributed by atoms with E-state index in [1.54, 1.807) is 12.1 Å². The Morgan fingerprint density at radius 2 is 1.92 bits per heavy atom. The summed E-state index contributed by atoms with van der Waals surface area (Å²) in [6.45, 7) is 5.31. The summed E-state index contributed by atoms with van der Waals surface area (Å²) in [7, 11) is 0. The number of hydrazone groups is 1. The van der Waals surface area contributed by atoms with Crippen molar-refractivity contribution in [1.82, 2.24) is 0 Å². The number of morpholine rings is 1. The predicted octanol–water partition coefficient (Wildman–Crippen LogP) is 2.04. The minimum Gasteiger partial charge on any atom is -0.370 e. The lowest BCUT2D eigenvalue weighted by Gasteiger charge is -2.31. The molecule has 0 aliphatic carbocycles. The second-order valence-corrected chi connectivity index (χ2v) is 6.29. The fraction of sp³-hybridized carbons (Fsp3) is 0.316. The number of hydrogen-bond donors (Lipinski definition) is 2. The molecule has 3 rings (SSSR count). The summed E-state index contributed by atoms with van der Waals surface area (Å²) in [6.07, 6.45) is 0. The molecule has 1 fully saturated rings. The summed E-state index contributed by atoms with van der Waals surface area (Å²) in [5, 5.41) is 15.4. The minimum absolute atomic E-state index is 0.0428.